The van der Waals surface area contributed by atoms with E-state index in [1.165, 1.54) is 17.7 Å². The number of hydrogen-bond donors (Lipinski definition) is 1. The van der Waals surface area contributed by atoms with E-state index in [1.54, 1.807) is 36.5 Å². The van der Waals surface area contributed by atoms with Crippen molar-refractivity contribution >= 4 is 40.4 Å². The maximum atomic E-state index is 12.5. The molecule has 1 aromatic carbocycles. The lowest BCUT2D eigenvalue weighted by molar-refractivity contribution is -0.127. The summed E-state index contributed by atoms with van der Waals surface area (Å²) in [5, 5.41) is 6.03. The fraction of sp³-hybridized carbons (Fsp3) is 0.421. The van der Waals surface area contributed by atoms with E-state index in [2.05, 4.69) is 27.7 Å². The standard InChI is InChI=1S/C19H22Cl2N2O2S/c1-13(25-17-7-6-14(20)11-15(17)21)19(24)22-12-16(18-5-4-10-26-18)23-8-2-3-9-23/h4-7,10-11,13,16H,2-3,8-9,12H2,1H3,(H,22,24)/t13-,16-/m0/s1. The van der Waals surface area contributed by atoms with E-state index in [1.807, 2.05) is 0 Å². The minimum absolute atomic E-state index is 0.156. The molecule has 1 aromatic heterocycles. The highest BCUT2D eigenvalue weighted by molar-refractivity contribution is 7.10. The average molecular weight is 413 g/mol. The average Bonchev–Trinajstić information content (AvgIpc) is 3.31. The quantitative estimate of drug-likeness (QED) is 0.711. The molecule has 1 N–H and O–H groups in total. The first-order valence-electron chi connectivity index (χ1n) is 8.71. The molecular formula is C19H22Cl2N2O2S. The second-order valence-corrected chi connectivity index (χ2v) is 8.18. The van der Waals surface area contributed by atoms with Crippen molar-refractivity contribution < 1.29 is 9.53 Å². The topological polar surface area (TPSA) is 41.6 Å². The van der Waals surface area contributed by atoms with Gasteiger partial charge >= 0.3 is 0 Å². The van der Waals surface area contributed by atoms with Crippen molar-refractivity contribution in [1.29, 1.82) is 0 Å². The van der Waals surface area contributed by atoms with E-state index in [0.717, 1.165) is 13.1 Å². The number of carbonyl (C=O) groups excluding carboxylic acids is 1. The highest BCUT2D eigenvalue weighted by atomic mass is 35.5. The molecule has 2 aromatic rings. The number of benzene rings is 1. The molecule has 1 saturated heterocycles. The molecule has 140 valence electrons. The summed E-state index contributed by atoms with van der Waals surface area (Å²) in [6.07, 6.45) is 1.78. The Morgan fingerprint density at radius 2 is 2.08 bits per heavy atom. The Hall–Kier alpha value is -1.27. The van der Waals surface area contributed by atoms with E-state index in [9.17, 15) is 4.79 Å². The Balaban J connectivity index is 1.59. The fourth-order valence-corrected chi connectivity index (χ4v) is 4.41. The summed E-state index contributed by atoms with van der Waals surface area (Å²) >= 11 is 13.7. The Bertz CT molecular complexity index is 733. The predicted octanol–water partition coefficient (Wildman–Crippen LogP) is 4.78. The van der Waals surface area contributed by atoms with Crippen LogP contribution < -0.4 is 10.1 Å². The summed E-state index contributed by atoms with van der Waals surface area (Å²) in [6, 6.07) is 9.36. The molecule has 4 nitrogen and oxygen atoms in total. The number of carbonyl (C=O) groups is 1. The largest absolute Gasteiger partial charge is 0.479 e. The lowest BCUT2D eigenvalue weighted by Crippen LogP contribution is -2.41. The van der Waals surface area contributed by atoms with Crippen LogP contribution in [0.25, 0.3) is 0 Å². The van der Waals surface area contributed by atoms with Gasteiger partial charge in [-0.05, 0) is 62.5 Å². The molecule has 1 aliphatic heterocycles. The van der Waals surface area contributed by atoms with Crippen LogP contribution in [0.1, 0.15) is 30.7 Å². The fourth-order valence-electron chi connectivity index (χ4n) is 3.10. The first kappa shape index (κ1) is 19.5. The van der Waals surface area contributed by atoms with Crippen molar-refractivity contribution in [1.82, 2.24) is 10.2 Å². The van der Waals surface area contributed by atoms with E-state index in [0.29, 0.717) is 22.3 Å². The van der Waals surface area contributed by atoms with Crippen molar-refractivity contribution in [2.75, 3.05) is 19.6 Å². The van der Waals surface area contributed by atoms with Gasteiger partial charge in [0, 0.05) is 16.4 Å². The van der Waals surface area contributed by atoms with E-state index < -0.39 is 6.10 Å². The summed E-state index contributed by atoms with van der Waals surface area (Å²) in [5.74, 6) is 0.296. The van der Waals surface area contributed by atoms with E-state index >= 15 is 0 Å². The molecule has 0 radical (unpaired) electrons. The van der Waals surface area contributed by atoms with E-state index in [4.69, 9.17) is 27.9 Å². The molecule has 2 heterocycles. The van der Waals surface area contributed by atoms with Crippen molar-refractivity contribution in [3.8, 4) is 5.75 Å². The molecule has 1 fully saturated rings. The van der Waals surface area contributed by atoms with Gasteiger partial charge in [-0.3, -0.25) is 9.69 Å². The summed E-state index contributed by atoms with van der Waals surface area (Å²) in [7, 11) is 0. The van der Waals surface area contributed by atoms with Gasteiger partial charge < -0.3 is 10.1 Å². The summed E-state index contributed by atoms with van der Waals surface area (Å²) < 4.78 is 5.70. The highest BCUT2D eigenvalue weighted by Gasteiger charge is 2.26. The zero-order valence-corrected chi connectivity index (χ0v) is 16.9. The van der Waals surface area contributed by atoms with Gasteiger partial charge in [0.1, 0.15) is 5.75 Å². The molecule has 7 heteroatoms. The van der Waals surface area contributed by atoms with Gasteiger partial charge in [-0.25, -0.2) is 0 Å². The molecular weight excluding hydrogens is 391 g/mol. The normalized spacial score (nSPS) is 17.0. The molecule has 0 saturated carbocycles. The van der Waals surface area contributed by atoms with Gasteiger partial charge in [0.25, 0.3) is 5.91 Å². The zero-order chi connectivity index (χ0) is 18.5. The number of thiophene rings is 1. The van der Waals surface area contributed by atoms with Crippen LogP contribution in [-0.2, 0) is 4.79 Å². The number of rotatable bonds is 7. The van der Waals surface area contributed by atoms with Crippen molar-refractivity contribution in [3.63, 3.8) is 0 Å². The number of amides is 1. The van der Waals surface area contributed by atoms with Crippen LogP contribution in [0.15, 0.2) is 35.7 Å². The SMILES string of the molecule is C[C@H](Oc1ccc(Cl)cc1Cl)C(=O)NC[C@@H](c1cccs1)N1CCCC1. The second kappa shape index (κ2) is 9.09. The Morgan fingerprint density at radius 3 is 2.73 bits per heavy atom. The first-order chi connectivity index (χ1) is 12.5. The number of halogens is 2. The molecule has 0 unspecified atom stereocenters. The van der Waals surface area contributed by atoms with Gasteiger partial charge in [0.2, 0.25) is 0 Å². The third-order valence-corrected chi connectivity index (χ3v) is 5.99. The maximum absolute atomic E-state index is 12.5. The van der Waals surface area contributed by atoms with Crippen LogP contribution in [0.3, 0.4) is 0 Å². The Labute approximate surface area is 168 Å². The van der Waals surface area contributed by atoms with Crippen molar-refractivity contribution in [3.05, 3.63) is 50.6 Å². The number of nitrogens with one attached hydrogen (secondary N) is 1. The van der Waals surface area contributed by atoms with Crippen LogP contribution in [-0.4, -0.2) is 36.5 Å². The number of nitrogens with zero attached hydrogens (tertiary/aromatic N) is 1. The zero-order valence-electron chi connectivity index (χ0n) is 14.6. The number of hydrogen-bond acceptors (Lipinski definition) is 4. The lowest BCUT2D eigenvalue weighted by atomic mass is 10.2. The van der Waals surface area contributed by atoms with Crippen molar-refractivity contribution in [2.24, 2.45) is 0 Å². The van der Waals surface area contributed by atoms with Crippen LogP contribution in [0.4, 0.5) is 0 Å². The third kappa shape index (κ3) is 4.92. The molecule has 1 amide bonds. The van der Waals surface area contributed by atoms with Gasteiger partial charge in [-0.2, -0.15) is 0 Å². The van der Waals surface area contributed by atoms with Gasteiger partial charge in [-0.1, -0.05) is 29.3 Å². The Morgan fingerprint density at radius 1 is 1.31 bits per heavy atom. The maximum Gasteiger partial charge on any atom is 0.260 e. The molecule has 1 aliphatic rings. The number of likely N-dealkylation sites (tertiary alicyclic amines) is 1. The minimum atomic E-state index is -0.642. The Kier molecular flexibility index (Phi) is 6.81. The lowest BCUT2D eigenvalue weighted by Gasteiger charge is -2.27. The van der Waals surface area contributed by atoms with Crippen LogP contribution in [0.2, 0.25) is 10.0 Å². The van der Waals surface area contributed by atoms with Crippen molar-refractivity contribution in [2.45, 2.75) is 31.9 Å². The summed E-state index contributed by atoms with van der Waals surface area (Å²) in [4.78, 5) is 16.2. The van der Waals surface area contributed by atoms with Crippen LogP contribution >= 0.6 is 34.5 Å². The molecule has 26 heavy (non-hydrogen) atoms. The number of ether oxygens (including phenoxy) is 1. The molecule has 0 spiro atoms. The smallest absolute Gasteiger partial charge is 0.260 e. The predicted molar refractivity (Wildman–Crippen MR) is 107 cm³/mol. The molecule has 2 atom stereocenters. The summed E-state index contributed by atoms with van der Waals surface area (Å²) in [5.41, 5.74) is 0. The second-order valence-electron chi connectivity index (χ2n) is 6.35. The van der Waals surface area contributed by atoms with Gasteiger partial charge in [-0.15, -0.1) is 11.3 Å². The molecule has 3 rings (SSSR count). The van der Waals surface area contributed by atoms with Gasteiger partial charge in [0.05, 0.1) is 11.1 Å². The molecule has 0 bridgehead atoms. The minimum Gasteiger partial charge on any atom is -0.479 e. The van der Waals surface area contributed by atoms with Crippen LogP contribution in [0.5, 0.6) is 5.75 Å². The van der Waals surface area contributed by atoms with Gasteiger partial charge in [0.15, 0.2) is 6.10 Å². The summed E-state index contributed by atoms with van der Waals surface area (Å²) in [6.45, 7) is 4.44. The molecule has 0 aliphatic carbocycles. The van der Waals surface area contributed by atoms with E-state index in [-0.39, 0.29) is 11.9 Å². The monoisotopic (exact) mass is 412 g/mol. The highest BCUT2D eigenvalue weighted by Crippen LogP contribution is 2.29. The first-order valence-corrected chi connectivity index (χ1v) is 10.3. The third-order valence-electron chi connectivity index (χ3n) is 4.49. The van der Waals surface area contributed by atoms with Crippen LogP contribution in [0, 0.1) is 0 Å².